The van der Waals surface area contributed by atoms with Gasteiger partial charge in [-0.25, -0.2) is 4.99 Å². The summed E-state index contributed by atoms with van der Waals surface area (Å²) in [5, 5.41) is 5.21. The van der Waals surface area contributed by atoms with Crippen molar-refractivity contribution in [2.45, 2.75) is 33.7 Å². The molecule has 7 heteroatoms. The zero-order chi connectivity index (χ0) is 22.5. The van der Waals surface area contributed by atoms with Crippen LogP contribution in [0.25, 0.3) is 17.0 Å². The van der Waals surface area contributed by atoms with Crippen LogP contribution in [0.15, 0.2) is 54.0 Å². The number of nitrogens with zero attached hydrogens (tertiary/aromatic N) is 3. The van der Waals surface area contributed by atoms with Crippen LogP contribution in [0, 0.1) is 13.8 Å². The number of hydrogen-bond donors (Lipinski definition) is 1. The maximum absolute atomic E-state index is 10.9. The van der Waals surface area contributed by atoms with Gasteiger partial charge in [-0.2, -0.15) is 11.0 Å². The number of rotatable bonds is 7. The highest BCUT2D eigenvalue weighted by atomic mass is 35.5. The fraction of sp³-hybridized carbons (Fsp3) is 0.208. The maximum Gasteiger partial charge on any atom is 0.265 e. The lowest BCUT2D eigenvalue weighted by atomic mass is 9.96. The molecule has 0 radical (unpaired) electrons. The summed E-state index contributed by atoms with van der Waals surface area (Å²) in [5.41, 5.74) is 6.49. The van der Waals surface area contributed by atoms with Crippen LogP contribution in [0.2, 0.25) is 5.02 Å². The Morgan fingerprint density at radius 2 is 1.94 bits per heavy atom. The molecule has 31 heavy (non-hydrogen) atoms. The summed E-state index contributed by atoms with van der Waals surface area (Å²) >= 11 is 6.38. The largest absolute Gasteiger partial charge is 0.389 e. The summed E-state index contributed by atoms with van der Waals surface area (Å²) in [6, 6.07) is 13.3. The molecule has 2 N–H and O–H groups in total. The topological polar surface area (TPSA) is 82.5 Å². The highest BCUT2D eigenvalue weighted by molar-refractivity contribution is 6.33. The Hall–Kier alpha value is -3.22. The Labute approximate surface area is 187 Å². The molecule has 0 saturated carbocycles. The molecule has 6 nitrogen and oxygen atoms in total. The Bertz CT molecular complexity index is 1140. The fourth-order valence-corrected chi connectivity index (χ4v) is 3.78. The van der Waals surface area contributed by atoms with E-state index in [-0.39, 0.29) is 5.90 Å². The average Bonchev–Trinajstić information content (AvgIpc) is 3.18. The summed E-state index contributed by atoms with van der Waals surface area (Å²) in [6.07, 6.45) is 1.28. The fourth-order valence-electron chi connectivity index (χ4n) is 3.54. The van der Waals surface area contributed by atoms with E-state index < -0.39 is 0 Å². The SMILES string of the molecule is C=C(N=C(ON)c1cc(-c2ccccc2Cl)n(CC)n1)c1cc(C)c(CC=O)c(C)c1. The van der Waals surface area contributed by atoms with Crippen LogP contribution in [0.5, 0.6) is 0 Å². The van der Waals surface area contributed by atoms with Gasteiger partial charge in [0.2, 0.25) is 0 Å². The average molecular weight is 437 g/mol. The van der Waals surface area contributed by atoms with E-state index >= 15 is 0 Å². The summed E-state index contributed by atoms with van der Waals surface area (Å²) in [4.78, 5) is 20.5. The molecule has 0 fully saturated rings. The Balaban J connectivity index is 2.00. The molecular formula is C24H25ClN4O2. The van der Waals surface area contributed by atoms with Crippen molar-refractivity contribution in [2.75, 3.05) is 0 Å². The van der Waals surface area contributed by atoms with Crippen LogP contribution < -0.4 is 5.90 Å². The quantitative estimate of drug-likeness (QED) is 0.247. The third-order valence-corrected chi connectivity index (χ3v) is 5.44. The molecule has 0 aliphatic rings. The molecule has 2 aromatic carbocycles. The highest BCUT2D eigenvalue weighted by Gasteiger charge is 2.17. The molecule has 0 amide bonds. The highest BCUT2D eigenvalue weighted by Crippen LogP contribution is 2.29. The smallest absolute Gasteiger partial charge is 0.265 e. The minimum absolute atomic E-state index is 0.151. The molecule has 0 aliphatic carbocycles. The predicted octanol–water partition coefficient (Wildman–Crippen LogP) is 4.89. The first-order chi connectivity index (χ1) is 14.9. The standard InChI is InChI=1S/C24H25ClN4O2/c1-5-29-23(20-8-6-7-9-21(20)25)14-22(28-29)24(31-26)27-17(4)18-12-15(2)19(10-11-30)16(3)13-18/h6-9,11-14H,4-5,10,26H2,1-3H3. The Morgan fingerprint density at radius 3 is 2.52 bits per heavy atom. The zero-order valence-electron chi connectivity index (χ0n) is 17.9. The Morgan fingerprint density at radius 1 is 1.26 bits per heavy atom. The first kappa shape index (κ1) is 22.5. The van der Waals surface area contributed by atoms with E-state index in [9.17, 15) is 4.79 Å². The van der Waals surface area contributed by atoms with E-state index in [2.05, 4.69) is 16.7 Å². The van der Waals surface area contributed by atoms with Crippen molar-refractivity contribution in [1.82, 2.24) is 9.78 Å². The predicted molar refractivity (Wildman–Crippen MR) is 125 cm³/mol. The second kappa shape index (κ2) is 9.73. The van der Waals surface area contributed by atoms with E-state index in [1.54, 1.807) is 0 Å². The van der Waals surface area contributed by atoms with Gasteiger partial charge in [-0.3, -0.25) is 4.68 Å². The number of aldehydes is 1. The van der Waals surface area contributed by atoms with Crippen molar-refractivity contribution in [3.05, 3.63) is 82.0 Å². The van der Waals surface area contributed by atoms with Crippen LogP contribution in [0.4, 0.5) is 0 Å². The normalized spacial score (nSPS) is 11.5. The van der Waals surface area contributed by atoms with Crippen molar-refractivity contribution in [1.29, 1.82) is 0 Å². The van der Waals surface area contributed by atoms with Crippen LogP contribution in [0.1, 0.15) is 34.9 Å². The van der Waals surface area contributed by atoms with Gasteiger partial charge >= 0.3 is 0 Å². The first-order valence-electron chi connectivity index (χ1n) is 9.91. The number of aryl methyl sites for hydroxylation is 3. The van der Waals surface area contributed by atoms with Crippen molar-refractivity contribution in [3.63, 3.8) is 0 Å². The summed E-state index contributed by atoms with van der Waals surface area (Å²) in [6.45, 7) is 10.6. The summed E-state index contributed by atoms with van der Waals surface area (Å²) in [7, 11) is 0. The van der Waals surface area contributed by atoms with Gasteiger partial charge in [0.1, 0.15) is 12.0 Å². The lowest BCUT2D eigenvalue weighted by Crippen LogP contribution is -2.13. The van der Waals surface area contributed by atoms with Crippen molar-refractivity contribution >= 4 is 29.5 Å². The first-order valence-corrected chi connectivity index (χ1v) is 10.3. The molecular weight excluding hydrogens is 412 g/mol. The van der Waals surface area contributed by atoms with Crippen molar-refractivity contribution < 1.29 is 9.63 Å². The van der Waals surface area contributed by atoms with Gasteiger partial charge in [-0.1, -0.05) is 36.4 Å². The van der Waals surface area contributed by atoms with E-state index in [4.69, 9.17) is 22.3 Å². The molecule has 0 atom stereocenters. The number of carbonyl (C=O) groups is 1. The van der Waals surface area contributed by atoms with Gasteiger partial charge in [0.25, 0.3) is 5.90 Å². The van der Waals surface area contributed by atoms with E-state index in [0.717, 1.165) is 39.8 Å². The molecule has 0 spiro atoms. The van der Waals surface area contributed by atoms with E-state index in [1.807, 2.05) is 67.9 Å². The second-order valence-electron chi connectivity index (χ2n) is 7.15. The number of aliphatic imine (C=N–C) groups is 1. The van der Waals surface area contributed by atoms with Gasteiger partial charge in [-0.05, 0) is 61.7 Å². The van der Waals surface area contributed by atoms with Crippen LogP contribution >= 0.6 is 11.6 Å². The lowest BCUT2D eigenvalue weighted by molar-refractivity contribution is -0.107. The molecule has 160 valence electrons. The van der Waals surface area contributed by atoms with E-state index in [0.29, 0.717) is 29.4 Å². The molecule has 1 aromatic heterocycles. The molecule has 0 aliphatic heterocycles. The zero-order valence-corrected chi connectivity index (χ0v) is 18.6. The van der Waals surface area contributed by atoms with Crippen LogP contribution in [-0.2, 0) is 22.6 Å². The summed E-state index contributed by atoms with van der Waals surface area (Å²) < 4.78 is 1.82. The molecule has 1 heterocycles. The summed E-state index contributed by atoms with van der Waals surface area (Å²) in [5.74, 6) is 5.69. The van der Waals surface area contributed by atoms with Crippen molar-refractivity contribution in [2.24, 2.45) is 10.9 Å². The number of carbonyl (C=O) groups excluding carboxylic acids is 1. The van der Waals surface area contributed by atoms with Crippen LogP contribution in [-0.4, -0.2) is 22.0 Å². The lowest BCUT2D eigenvalue weighted by Gasteiger charge is -2.11. The monoisotopic (exact) mass is 436 g/mol. The minimum atomic E-state index is 0.151. The van der Waals surface area contributed by atoms with Gasteiger partial charge in [0.05, 0.1) is 11.4 Å². The molecule has 0 bridgehead atoms. The minimum Gasteiger partial charge on any atom is -0.389 e. The maximum atomic E-state index is 10.9. The van der Waals surface area contributed by atoms with Gasteiger partial charge in [0, 0.05) is 29.1 Å². The molecule has 3 aromatic rings. The van der Waals surface area contributed by atoms with Gasteiger partial charge < -0.3 is 9.63 Å². The molecule has 0 unspecified atom stereocenters. The van der Waals surface area contributed by atoms with Gasteiger partial charge in [0.15, 0.2) is 0 Å². The number of aromatic nitrogens is 2. The number of halogens is 1. The Kier molecular flexibility index (Phi) is 7.05. The third-order valence-electron chi connectivity index (χ3n) is 5.11. The van der Waals surface area contributed by atoms with E-state index in [1.165, 1.54) is 0 Å². The van der Waals surface area contributed by atoms with Crippen LogP contribution in [0.3, 0.4) is 0 Å². The van der Waals surface area contributed by atoms with Gasteiger partial charge in [-0.15, -0.1) is 0 Å². The number of hydrogen-bond acceptors (Lipinski definition) is 5. The molecule has 3 rings (SSSR count). The third kappa shape index (κ3) is 4.76. The molecule has 0 saturated heterocycles. The van der Waals surface area contributed by atoms with Crippen molar-refractivity contribution in [3.8, 4) is 11.3 Å². The number of benzene rings is 2. The number of nitrogens with two attached hydrogens (primary N) is 1. The second-order valence-corrected chi connectivity index (χ2v) is 7.56.